The number of amides is 1. The molecule has 3 N–H and O–H groups in total. The fraction of sp³-hybridized carbons (Fsp3) is 0.722. The predicted octanol–water partition coefficient (Wildman–Crippen LogP) is 0.895. The van der Waals surface area contributed by atoms with E-state index in [1.807, 2.05) is 0 Å². The second-order valence-corrected chi connectivity index (χ2v) is 7.18. The molecule has 1 saturated carbocycles. The number of hydrogen-bond acceptors (Lipinski definition) is 5. The normalized spacial score (nSPS) is 21.5. The highest BCUT2D eigenvalue weighted by atomic mass is 16.3. The van der Waals surface area contributed by atoms with Crippen LogP contribution < -0.4 is 21.9 Å². The molecule has 144 valence electrons. The Bertz CT molecular complexity index is 771. The van der Waals surface area contributed by atoms with Crippen LogP contribution in [-0.4, -0.2) is 39.8 Å². The molecule has 1 unspecified atom stereocenters. The van der Waals surface area contributed by atoms with Crippen molar-refractivity contribution >= 4 is 5.91 Å². The zero-order valence-corrected chi connectivity index (χ0v) is 15.3. The van der Waals surface area contributed by atoms with E-state index in [1.165, 1.54) is 9.13 Å². The molecule has 8 heteroatoms. The van der Waals surface area contributed by atoms with Gasteiger partial charge in [0.1, 0.15) is 0 Å². The fourth-order valence-electron chi connectivity index (χ4n) is 4.12. The van der Waals surface area contributed by atoms with Crippen LogP contribution in [-0.2, 0) is 0 Å². The van der Waals surface area contributed by atoms with E-state index in [0.29, 0.717) is 19.5 Å². The van der Waals surface area contributed by atoms with E-state index >= 15 is 0 Å². The smallest absolute Gasteiger partial charge is 0.334 e. The Balaban J connectivity index is 2.19. The summed E-state index contributed by atoms with van der Waals surface area (Å²) in [6.07, 6.45) is 6.13. The highest BCUT2D eigenvalue weighted by Crippen LogP contribution is 2.30. The van der Waals surface area contributed by atoms with Crippen LogP contribution in [0.2, 0.25) is 0 Å². The maximum absolute atomic E-state index is 13.1. The van der Waals surface area contributed by atoms with Gasteiger partial charge in [0.15, 0.2) is 5.56 Å². The summed E-state index contributed by atoms with van der Waals surface area (Å²) in [4.78, 5) is 38.6. The van der Waals surface area contributed by atoms with Gasteiger partial charge in [-0.25, -0.2) is 4.79 Å². The van der Waals surface area contributed by atoms with Crippen LogP contribution in [0.3, 0.4) is 0 Å². The molecular formula is C18H28N4O4. The van der Waals surface area contributed by atoms with Gasteiger partial charge >= 0.3 is 5.69 Å². The van der Waals surface area contributed by atoms with Gasteiger partial charge in [-0.3, -0.25) is 18.7 Å². The van der Waals surface area contributed by atoms with Crippen molar-refractivity contribution in [3.05, 3.63) is 26.4 Å². The molecule has 1 saturated heterocycles. The Morgan fingerprint density at radius 1 is 1.12 bits per heavy atom. The molecule has 0 radical (unpaired) electrons. The van der Waals surface area contributed by atoms with Gasteiger partial charge in [-0.1, -0.05) is 19.3 Å². The van der Waals surface area contributed by atoms with E-state index in [1.54, 1.807) is 6.92 Å². The number of nitrogens with zero attached hydrogens (tertiary/aromatic N) is 2. The molecule has 1 aromatic rings. The van der Waals surface area contributed by atoms with Gasteiger partial charge in [0.2, 0.25) is 5.88 Å². The lowest BCUT2D eigenvalue weighted by Crippen LogP contribution is -2.49. The first-order valence-corrected chi connectivity index (χ1v) is 9.65. The molecule has 2 heterocycles. The van der Waals surface area contributed by atoms with Crippen LogP contribution in [0.4, 0.5) is 0 Å². The Hall–Kier alpha value is -2.09. The van der Waals surface area contributed by atoms with Gasteiger partial charge in [0.05, 0.1) is 6.04 Å². The standard InChI is InChI=1S/C18H28N4O4/c1-2-20-15(23)14-16(24)21(12-7-4-3-5-8-12)18(26)22(17(14)25)13-9-6-10-19-11-13/h12-13,19,24H,2-11H2,1H3,(H,20,23). The minimum Gasteiger partial charge on any atom is -0.494 e. The molecule has 1 atom stereocenters. The summed E-state index contributed by atoms with van der Waals surface area (Å²) in [5, 5.41) is 16.5. The summed E-state index contributed by atoms with van der Waals surface area (Å²) >= 11 is 0. The summed E-state index contributed by atoms with van der Waals surface area (Å²) in [6.45, 7) is 3.45. The number of piperidine rings is 1. The first kappa shape index (κ1) is 18.7. The quantitative estimate of drug-likeness (QED) is 0.736. The average molecular weight is 364 g/mol. The van der Waals surface area contributed by atoms with Gasteiger partial charge in [-0.2, -0.15) is 0 Å². The number of nitrogens with one attached hydrogen (secondary N) is 2. The maximum Gasteiger partial charge on any atom is 0.334 e. The summed E-state index contributed by atoms with van der Waals surface area (Å²) in [5.74, 6) is -1.12. The highest BCUT2D eigenvalue weighted by Gasteiger charge is 2.31. The Labute approximate surface area is 152 Å². The fourth-order valence-corrected chi connectivity index (χ4v) is 4.12. The zero-order chi connectivity index (χ0) is 18.7. The minimum atomic E-state index is -0.695. The Morgan fingerprint density at radius 3 is 2.42 bits per heavy atom. The van der Waals surface area contributed by atoms with Gasteiger partial charge in [-0.15, -0.1) is 0 Å². The van der Waals surface area contributed by atoms with Crippen molar-refractivity contribution in [2.45, 2.75) is 64.0 Å². The van der Waals surface area contributed by atoms with Crippen molar-refractivity contribution in [2.75, 3.05) is 19.6 Å². The largest absolute Gasteiger partial charge is 0.494 e. The van der Waals surface area contributed by atoms with Crippen molar-refractivity contribution in [3.8, 4) is 5.88 Å². The minimum absolute atomic E-state index is 0.173. The number of rotatable bonds is 4. The van der Waals surface area contributed by atoms with Crippen molar-refractivity contribution in [1.82, 2.24) is 19.8 Å². The SMILES string of the molecule is CCNC(=O)c1c(O)n(C2CCCCC2)c(=O)n(C2CCCNC2)c1=O. The van der Waals surface area contributed by atoms with Crippen molar-refractivity contribution in [1.29, 1.82) is 0 Å². The molecule has 3 rings (SSSR count). The number of carbonyl (C=O) groups excluding carboxylic acids is 1. The third kappa shape index (κ3) is 3.42. The average Bonchev–Trinajstić information content (AvgIpc) is 2.63. The topological polar surface area (TPSA) is 105 Å². The van der Waals surface area contributed by atoms with Crippen LogP contribution in [0.25, 0.3) is 0 Å². The molecule has 0 bridgehead atoms. The molecule has 1 aliphatic carbocycles. The lowest BCUT2D eigenvalue weighted by atomic mass is 9.95. The molecule has 1 amide bonds. The molecular weight excluding hydrogens is 336 g/mol. The first-order chi connectivity index (χ1) is 12.6. The predicted molar refractivity (Wildman–Crippen MR) is 97.9 cm³/mol. The van der Waals surface area contributed by atoms with E-state index in [0.717, 1.165) is 45.1 Å². The van der Waals surface area contributed by atoms with Gasteiger partial charge in [0.25, 0.3) is 11.5 Å². The first-order valence-electron chi connectivity index (χ1n) is 9.65. The van der Waals surface area contributed by atoms with E-state index in [2.05, 4.69) is 10.6 Å². The Morgan fingerprint density at radius 2 is 1.81 bits per heavy atom. The lowest BCUT2D eigenvalue weighted by Gasteiger charge is -2.29. The van der Waals surface area contributed by atoms with Gasteiger partial charge in [-0.05, 0) is 39.2 Å². The second kappa shape index (κ2) is 8.07. The van der Waals surface area contributed by atoms with E-state index in [-0.39, 0.29) is 17.6 Å². The molecule has 1 aliphatic heterocycles. The second-order valence-electron chi connectivity index (χ2n) is 7.18. The van der Waals surface area contributed by atoms with Gasteiger partial charge in [0, 0.05) is 19.1 Å². The van der Waals surface area contributed by atoms with Crippen LogP contribution in [0.1, 0.15) is 74.3 Å². The Kier molecular flexibility index (Phi) is 5.80. The molecule has 0 aromatic carbocycles. The van der Waals surface area contributed by atoms with E-state index in [9.17, 15) is 19.5 Å². The number of hydrogen-bond donors (Lipinski definition) is 3. The third-order valence-electron chi connectivity index (χ3n) is 5.44. The summed E-state index contributed by atoms with van der Waals surface area (Å²) < 4.78 is 2.48. The van der Waals surface area contributed by atoms with Crippen molar-refractivity contribution in [2.24, 2.45) is 0 Å². The molecule has 2 fully saturated rings. The van der Waals surface area contributed by atoms with Crippen LogP contribution in [0, 0.1) is 0 Å². The van der Waals surface area contributed by atoms with E-state index in [4.69, 9.17) is 0 Å². The molecule has 8 nitrogen and oxygen atoms in total. The van der Waals surface area contributed by atoms with Crippen molar-refractivity contribution in [3.63, 3.8) is 0 Å². The lowest BCUT2D eigenvalue weighted by molar-refractivity contribution is 0.0946. The molecule has 1 aromatic heterocycles. The maximum atomic E-state index is 13.1. The number of carbonyl (C=O) groups is 1. The van der Waals surface area contributed by atoms with Gasteiger partial charge < -0.3 is 15.7 Å². The summed E-state index contributed by atoms with van der Waals surface area (Å²) in [6, 6.07) is -0.472. The van der Waals surface area contributed by atoms with Crippen LogP contribution in [0.5, 0.6) is 5.88 Å². The number of aromatic hydroxyl groups is 1. The summed E-state index contributed by atoms with van der Waals surface area (Å²) in [5.41, 5.74) is -1.51. The van der Waals surface area contributed by atoms with Crippen molar-refractivity contribution < 1.29 is 9.90 Å². The summed E-state index contributed by atoms with van der Waals surface area (Å²) in [7, 11) is 0. The molecule has 26 heavy (non-hydrogen) atoms. The molecule has 0 spiro atoms. The van der Waals surface area contributed by atoms with Crippen LogP contribution >= 0.6 is 0 Å². The zero-order valence-electron chi connectivity index (χ0n) is 15.3. The van der Waals surface area contributed by atoms with Crippen LogP contribution in [0.15, 0.2) is 9.59 Å². The number of aromatic nitrogens is 2. The third-order valence-corrected chi connectivity index (χ3v) is 5.44. The monoisotopic (exact) mass is 364 g/mol. The van der Waals surface area contributed by atoms with E-state index < -0.39 is 23.0 Å². The highest BCUT2D eigenvalue weighted by molar-refractivity contribution is 5.95. The molecule has 2 aliphatic rings.